The van der Waals surface area contributed by atoms with Crippen LogP contribution < -0.4 is 45.9 Å². The lowest BCUT2D eigenvalue weighted by molar-refractivity contribution is 0.381. The molecule has 0 aliphatic carbocycles. The molecule has 2 rings (SSSR count). The molecule has 0 saturated carbocycles. The van der Waals surface area contributed by atoms with Crippen molar-refractivity contribution in [2.45, 2.75) is 0 Å². The van der Waals surface area contributed by atoms with Crippen LogP contribution in [0.5, 0.6) is 0 Å². The zero-order valence-electron chi connectivity index (χ0n) is 12.5. The Morgan fingerprint density at radius 3 is 0.880 bits per heavy atom. The Labute approximate surface area is 141 Å². The van der Waals surface area contributed by atoms with E-state index in [-0.39, 0.29) is 46.5 Å². The van der Waals surface area contributed by atoms with Gasteiger partial charge < -0.3 is 45.9 Å². The second-order valence-electron chi connectivity index (χ2n) is 3.98. The van der Waals surface area contributed by atoms with Crippen LogP contribution in [-0.2, 0) is 10.4 Å². The molecular weight excluding hydrogens is 360 g/mol. The van der Waals surface area contributed by atoms with Crippen molar-refractivity contribution in [2.75, 3.05) is 45.9 Å². The summed E-state index contributed by atoms with van der Waals surface area (Å²) in [5, 5.41) is 0. The van der Waals surface area contributed by atoms with Crippen molar-refractivity contribution in [3.63, 3.8) is 0 Å². The normalized spacial score (nSPS) is 10.0. The van der Waals surface area contributed by atoms with Crippen LogP contribution in [0.1, 0.15) is 0 Å². The summed E-state index contributed by atoms with van der Waals surface area (Å²) < 4.78 is 31.6. The first kappa shape index (κ1) is 21.4. The number of anilines is 8. The number of aromatic nitrogens is 4. The first-order chi connectivity index (χ1) is 11.2. The van der Waals surface area contributed by atoms with E-state index in [2.05, 4.69) is 19.9 Å². The molecule has 2 aromatic heterocycles. The van der Waals surface area contributed by atoms with Gasteiger partial charge in [0.05, 0.1) is 0 Å². The lowest BCUT2D eigenvalue weighted by atomic mass is 10.4. The Kier molecular flexibility index (Phi) is 7.14. The minimum Gasteiger partial charge on any atom is -0.393 e. The standard InChI is InChI=1S/2C4H8N6.H2O4S/c2*5-1-2(6)9-4(8)10-3(1)7;1-5(2,3)4/h2*5H2,(H6,6,7,8,9,10);(H2,1,2,3,4). The molecule has 2 aromatic rings. The summed E-state index contributed by atoms with van der Waals surface area (Å²) >= 11 is 0. The Hall–Kier alpha value is -3.57. The quantitative estimate of drug-likeness (QED) is 0.203. The molecule has 0 unspecified atom stereocenters. The molecule has 0 saturated heterocycles. The summed E-state index contributed by atoms with van der Waals surface area (Å²) in [6.07, 6.45) is 0. The van der Waals surface area contributed by atoms with Crippen molar-refractivity contribution < 1.29 is 17.5 Å². The first-order valence-electron chi connectivity index (χ1n) is 5.80. The van der Waals surface area contributed by atoms with Crippen LogP contribution in [0.3, 0.4) is 0 Å². The van der Waals surface area contributed by atoms with Crippen LogP contribution >= 0.6 is 0 Å². The molecule has 16 nitrogen and oxygen atoms in total. The average molecular weight is 378 g/mol. The maximum absolute atomic E-state index is 8.74. The van der Waals surface area contributed by atoms with Gasteiger partial charge in [-0.3, -0.25) is 9.11 Å². The van der Waals surface area contributed by atoms with Gasteiger partial charge in [0.25, 0.3) is 0 Å². The van der Waals surface area contributed by atoms with Gasteiger partial charge in [-0.15, -0.1) is 0 Å². The number of hydrogen-bond acceptors (Lipinski definition) is 14. The Morgan fingerprint density at radius 2 is 0.720 bits per heavy atom. The number of nitrogen functional groups attached to an aromatic ring is 8. The lowest BCUT2D eigenvalue weighted by Gasteiger charge is -2.01. The van der Waals surface area contributed by atoms with E-state index < -0.39 is 10.4 Å². The maximum atomic E-state index is 8.74. The first-order valence-corrected chi connectivity index (χ1v) is 7.19. The fourth-order valence-corrected chi connectivity index (χ4v) is 1.05. The molecule has 17 heteroatoms. The molecule has 0 atom stereocenters. The van der Waals surface area contributed by atoms with E-state index in [1.54, 1.807) is 0 Å². The maximum Gasteiger partial charge on any atom is 0.394 e. The minimum absolute atomic E-state index is 0.0317. The van der Waals surface area contributed by atoms with Gasteiger partial charge in [0.2, 0.25) is 11.9 Å². The van der Waals surface area contributed by atoms with E-state index in [9.17, 15) is 0 Å². The Bertz CT molecular complexity index is 731. The monoisotopic (exact) mass is 378 g/mol. The van der Waals surface area contributed by atoms with Gasteiger partial charge in [0.1, 0.15) is 11.4 Å². The predicted molar refractivity (Wildman–Crippen MR) is 93.5 cm³/mol. The Balaban J connectivity index is 0.000000368. The van der Waals surface area contributed by atoms with Crippen molar-refractivity contribution in [3.8, 4) is 0 Å². The van der Waals surface area contributed by atoms with Crippen molar-refractivity contribution in [3.05, 3.63) is 0 Å². The summed E-state index contributed by atoms with van der Waals surface area (Å²) in [6, 6.07) is 0. The highest BCUT2D eigenvalue weighted by Gasteiger charge is 2.03. The third-order valence-electron chi connectivity index (χ3n) is 2.04. The van der Waals surface area contributed by atoms with E-state index in [1.165, 1.54) is 0 Å². The number of nitrogens with two attached hydrogens (primary N) is 8. The summed E-state index contributed by atoms with van der Waals surface area (Å²) in [5.74, 6) is 0.526. The van der Waals surface area contributed by atoms with Crippen LogP contribution in [0.2, 0.25) is 0 Å². The molecule has 0 bridgehead atoms. The van der Waals surface area contributed by atoms with Crippen LogP contribution in [0.15, 0.2) is 0 Å². The van der Waals surface area contributed by atoms with Crippen LogP contribution in [0.25, 0.3) is 0 Å². The minimum atomic E-state index is -4.67. The SMILES string of the molecule is Nc1nc(N)c(N)c(N)n1.Nc1nc(N)c(N)c(N)n1.O=S(=O)(O)O. The molecule has 18 N–H and O–H groups in total. The molecule has 0 radical (unpaired) electrons. The van der Waals surface area contributed by atoms with Crippen LogP contribution in [-0.4, -0.2) is 37.5 Å². The highest BCUT2D eigenvalue weighted by molar-refractivity contribution is 7.79. The zero-order valence-corrected chi connectivity index (χ0v) is 13.3. The second kappa shape index (κ2) is 8.33. The van der Waals surface area contributed by atoms with E-state index in [1.807, 2.05) is 0 Å². The van der Waals surface area contributed by atoms with Crippen LogP contribution in [0, 0.1) is 0 Å². The molecule has 0 aromatic carbocycles. The number of hydrogen-bond donors (Lipinski definition) is 10. The molecular formula is C8H18N12O4S. The third-order valence-corrected chi connectivity index (χ3v) is 2.04. The van der Waals surface area contributed by atoms with Crippen molar-refractivity contribution in [2.24, 2.45) is 0 Å². The van der Waals surface area contributed by atoms with E-state index in [4.69, 9.17) is 63.4 Å². The zero-order chi connectivity index (χ0) is 19.9. The molecule has 0 aliphatic rings. The number of rotatable bonds is 0. The smallest absolute Gasteiger partial charge is 0.393 e. The summed E-state index contributed by atoms with van der Waals surface area (Å²) in [7, 11) is -4.67. The lowest BCUT2D eigenvalue weighted by Crippen LogP contribution is -2.07. The van der Waals surface area contributed by atoms with Gasteiger partial charge in [-0.25, -0.2) is 0 Å². The summed E-state index contributed by atoms with van der Waals surface area (Å²) in [4.78, 5) is 14.3. The predicted octanol–water partition coefficient (Wildman–Crippen LogP) is -3.04. The van der Waals surface area contributed by atoms with Crippen molar-refractivity contribution in [1.82, 2.24) is 19.9 Å². The fraction of sp³-hybridized carbons (Fsp3) is 0. The number of nitrogens with zero attached hydrogens (tertiary/aromatic N) is 4. The van der Waals surface area contributed by atoms with Gasteiger partial charge in [-0.05, 0) is 0 Å². The van der Waals surface area contributed by atoms with Crippen LogP contribution in [0.4, 0.5) is 46.5 Å². The van der Waals surface area contributed by atoms with Crippen molar-refractivity contribution >= 4 is 56.9 Å². The molecule has 25 heavy (non-hydrogen) atoms. The second-order valence-corrected chi connectivity index (χ2v) is 4.88. The molecule has 0 spiro atoms. The Morgan fingerprint density at radius 1 is 0.560 bits per heavy atom. The molecule has 0 amide bonds. The average Bonchev–Trinajstić information content (AvgIpc) is 2.40. The van der Waals surface area contributed by atoms with E-state index in [0.717, 1.165) is 0 Å². The highest BCUT2D eigenvalue weighted by Crippen LogP contribution is 2.18. The summed E-state index contributed by atoms with van der Waals surface area (Å²) in [6.45, 7) is 0. The molecule has 140 valence electrons. The van der Waals surface area contributed by atoms with Gasteiger partial charge in [-0.1, -0.05) is 0 Å². The topological polar surface area (TPSA) is 334 Å². The van der Waals surface area contributed by atoms with Crippen molar-refractivity contribution in [1.29, 1.82) is 0 Å². The highest BCUT2D eigenvalue weighted by atomic mass is 32.3. The third kappa shape index (κ3) is 8.59. The summed E-state index contributed by atoms with van der Waals surface area (Å²) in [5.41, 5.74) is 42.5. The van der Waals surface area contributed by atoms with Gasteiger partial charge >= 0.3 is 10.4 Å². The molecule has 0 fully saturated rings. The van der Waals surface area contributed by atoms with E-state index in [0.29, 0.717) is 0 Å². The van der Waals surface area contributed by atoms with Gasteiger partial charge in [0, 0.05) is 0 Å². The van der Waals surface area contributed by atoms with Gasteiger partial charge in [0.15, 0.2) is 23.3 Å². The molecule has 2 heterocycles. The van der Waals surface area contributed by atoms with E-state index >= 15 is 0 Å². The largest absolute Gasteiger partial charge is 0.394 e. The fourth-order valence-electron chi connectivity index (χ4n) is 1.05. The van der Waals surface area contributed by atoms with Gasteiger partial charge in [-0.2, -0.15) is 28.4 Å². The molecule has 0 aliphatic heterocycles.